The molecule has 1 fully saturated rings. The summed E-state index contributed by atoms with van der Waals surface area (Å²) < 4.78 is 10.2. The third-order valence-electron chi connectivity index (χ3n) is 1.43. The molecular formula is C7H12O2. The summed E-state index contributed by atoms with van der Waals surface area (Å²) >= 11 is 0. The predicted octanol–water partition coefficient (Wildman–Crippen LogP) is 1.53. The van der Waals surface area contributed by atoms with Crippen LogP contribution in [0.1, 0.15) is 13.8 Å². The van der Waals surface area contributed by atoms with E-state index in [1.54, 1.807) is 0 Å². The van der Waals surface area contributed by atoms with Crippen molar-refractivity contribution in [1.82, 2.24) is 0 Å². The van der Waals surface area contributed by atoms with Crippen LogP contribution in [0.5, 0.6) is 0 Å². The van der Waals surface area contributed by atoms with E-state index < -0.39 is 0 Å². The lowest BCUT2D eigenvalue weighted by molar-refractivity contribution is 0.116. The van der Waals surface area contributed by atoms with Gasteiger partial charge in [0.05, 0.1) is 0 Å². The first-order valence-electron chi connectivity index (χ1n) is 3.18. The molecule has 1 rings (SSSR count). The molecule has 1 heterocycles. The smallest absolute Gasteiger partial charge is 0.272 e. The summed E-state index contributed by atoms with van der Waals surface area (Å²) in [7, 11) is 0. The maximum Gasteiger partial charge on any atom is 0.272 e. The topological polar surface area (TPSA) is 18.5 Å². The van der Waals surface area contributed by atoms with Crippen molar-refractivity contribution in [1.29, 1.82) is 0 Å². The molecule has 0 unspecified atom stereocenters. The van der Waals surface area contributed by atoms with E-state index in [9.17, 15) is 0 Å². The van der Waals surface area contributed by atoms with Crippen molar-refractivity contribution >= 4 is 0 Å². The predicted molar refractivity (Wildman–Crippen MR) is 34.8 cm³/mol. The molecular weight excluding hydrogens is 116 g/mol. The highest BCUT2D eigenvalue weighted by atomic mass is 16.7. The van der Waals surface area contributed by atoms with Crippen molar-refractivity contribution in [3.63, 3.8) is 0 Å². The molecule has 0 aromatic heterocycles. The molecule has 0 amide bonds. The SMILES string of the molecule is C=C1OC[C@H](C(C)C)O1. The summed E-state index contributed by atoms with van der Waals surface area (Å²) in [5.41, 5.74) is 0. The lowest BCUT2D eigenvalue weighted by Gasteiger charge is -2.09. The summed E-state index contributed by atoms with van der Waals surface area (Å²) in [5, 5.41) is 0. The van der Waals surface area contributed by atoms with Crippen molar-refractivity contribution in [3.05, 3.63) is 12.5 Å². The van der Waals surface area contributed by atoms with Gasteiger partial charge in [0.25, 0.3) is 5.95 Å². The summed E-state index contributed by atoms with van der Waals surface area (Å²) in [6, 6.07) is 0. The molecule has 0 bridgehead atoms. The van der Waals surface area contributed by atoms with E-state index in [4.69, 9.17) is 9.47 Å². The van der Waals surface area contributed by atoms with Gasteiger partial charge in [-0.2, -0.15) is 0 Å². The molecule has 1 saturated heterocycles. The van der Waals surface area contributed by atoms with Crippen LogP contribution in [0.4, 0.5) is 0 Å². The van der Waals surface area contributed by atoms with Crippen molar-refractivity contribution in [3.8, 4) is 0 Å². The molecule has 1 atom stereocenters. The van der Waals surface area contributed by atoms with Crippen LogP contribution in [0.2, 0.25) is 0 Å². The van der Waals surface area contributed by atoms with E-state index in [0.29, 0.717) is 18.5 Å². The zero-order valence-corrected chi connectivity index (χ0v) is 5.89. The van der Waals surface area contributed by atoms with Crippen LogP contribution in [0, 0.1) is 5.92 Å². The van der Waals surface area contributed by atoms with Gasteiger partial charge in [-0.15, -0.1) is 0 Å². The number of rotatable bonds is 1. The summed E-state index contributed by atoms with van der Waals surface area (Å²) in [5.74, 6) is 0.984. The first kappa shape index (κ1) is 6.46. The molecule has 2 nitrogen and oxygen atoms in total. The maximum atomic E-state index is 5.21. The molecule has 0 aromatic rings. The Morgan fingerprint density at radius 3 is 2.56 bits per heavy atom. The number of hydrogen-bond donors (Lipinski definition) is 0. The molecule has 0 N–H and O–H groups in total. The van der Waals surface area contributed by atoms with Gasteiger partial charge in [0.2, 0.25) is 0 Å². The Hall–Kier alpha value is -0.660. The average Bonchev–Trinajstić information content (AvgIpc) is 2.14. The van der Waals surface area contributed by atoms with Gasteiger partial charge >= 0.3 is 0 Å². The second-order valence-electron chi connectivity index (χ2n) is 2.58. The average molecular weight is 128 g/mol. The van der Waals surface area contributed by atoms with E-state index >= 15 is 0 Å². The Morgan fingerprint density at radius 1 is 1.67 bits per heavy atom. The summed E-state index contributed by atoms with van der Waals surface area (Å²) in [6.45, 7) is 8.41. The molecule has 0 aromatic carbocycles. The molecule has 1 aliphatic rings. The zero-order valence-electron chi connectivity index (χ0n) is 5.89. The lowest BCUT2D eigenvalue weighted by atomic mass is 10.1. The van der Waals surface area contributed by atoms with Gasteiger partial charge in [0.1, 0.15) is 12.7 Å². The highest BCUT2D eigenvalue weighted by molar-refractivity contribution is 4.80. The lowest BCUT2D eigenvalue weighted by Crippen LogP contribution is -2.16. The van der Waals surface area contributed by atoms with Crippen molar-refractivity contribution in [2.75, 3.05) is 6.61 Å². The molecule has 0 spiro atoms. The van der Waals surface area contributed by atoms with E-state index in [1.807, 2.05) is 0 Å². The number of ether oxygens (including phenoxy) is 2. The first-order chi connectivity index (χ1) is 4.20. The van der Waals surface area contributed by atoms with E-state index in [2.05, 4.69) is 20.4 Å². The molecule has 9 heavy (non-hydrogen) atoms. The largest absolute Gasteiger partial charge is 0.462 e. The first-order valence-corrected chi connectivity index (χ1v) is 3.18. The van der Waals surface area contributed by atoms with Gasteiger partial charge < -0.3 is 9.47 Å². The summed E-state index contributed by atoms with van der Waals surface area (Å²) in [4.78, 5) is 0. The van der Waals surface area contributed by atoms with E-state index in [-0.39, 0.29) is 6.10 Å². The Labute approximate surface area is 55.5 Å². The van der Waals surface area contributed by atoms with Gasteiger partial charge in [-0.05, 0) is 12.5 Å². The Balaban J connectivity index is 2.39. The fourth-order valence-corrected chi connectivity index (χ4v) is 0.740. The minimum Gasteiger partial charge on any atom is -0.462 e. The quantitative estimate of drug-likeness (QED) is 0.533. The zero-order chi connectivity index (χ0) is 6.85. The second-order valence-corrected chi connectivity index (χ2v) is 2.58. The Morgan fingerprint density at radius 2 is 2.33 bits per heavy atom. The van der Waals surface area contributed by atoms with Crippen LogP contribution in [-0.2, 0) is 9.47 Å². The van der Waals surface area contributed by atoms with Crippen LogP contribution >= 0.6 is 0 Å². The molecule has 0 radical (unpaired) electrons. The van der Waals surface area contributed by atoms with Crippen LogP contribution in [0.25, 0.3) is 0 Å². The normalized spacial score (nSPS) is 26.1. The Bertz CT molecular complexity index is 118. The van der Waals surface area contributed by atoms with Gasteiger partial charge in [-0.1, -0.05) is 13.8 Å². The van der Waals surface area contributed by atoms with Crippen LogP contribution in [0.15, 0.2) is 12.5 Å². The van der Waals surface area contributed by atoms with E-state index in [0.717, 1.165) is 0 Å². The van der Waals surface area contributed by atoms with Crippen LogP contribution in [-0.4, -0.2) is 12.7 Å². The van der Waals surface area contributed by atoms with Gasteiger partial charge in [0.15, 0.2) is 0 Å². The maximum absolute atomic E-state index is 5.21. The van der Waals surface area contributed by atoms with E-state index in [1.165, 1.54) is 0 Å². The minimum absolute atomic E-state index is 0.220. The third kappa shape index (κ3) is 1.37. The van der Waals surface area contributed by atoms with Gasteiger partial charge in [0, 0.05) is 0 Å². The molecule has 0 saturated carbocycles. The summed E-state index contributed by atoms with van der Waals surface area (Å²) in [6.07, 6.45) is 0.220. The minimum atomic E-state index is 0.220. The second kappa shape index (κ2) is 2.29. The Kier molecular flexibility index (Phi) is 1.65. The molecule has 0 aliphatic carbocycles. The van der Waals surface area contributed by atoms with Crippen LogP contribution in [0.3, 0.4) is 0 Å². The van der Waals surface area contributed by atoms with Crippen molar-refractivity contribution < 1.29 is 9.47 Å². The molecule has 52 valence electrons. The fraction of sp³-hybridized carbons (Fsp3) is 0.714. The number of hydrogen-bond acceptors (Lipinski definition) is 2. The monoisotopic (exact) mass is 128 g/mol. The third-order valence-corrected chi connectivity index (χ3v) is 1.43. The standard InChI is InChI=1S/C7H12O2/c1-5(2)7-4-8-6(3)9-7/h5,7H,3-4H2,1-2H3/t7-/m1/s1. The fourth-order valence-electron chi connectivity index (χ4n) is 0.740. The van der Waals surface area contributed by atoms with Gasteiger partial charge in [-0.3, -0.25) is 0 Å². The van der Waals surface area contributed by atoms with Crippen molar-refractivity contribution in [2.24, 2.45) is 5.92 Å². The van der Waals surface area contributed by atoms with Crippen LogP contribution < -0.4 is 0 Å². The molecule has 1 aliphatic heterocycles. The van der Waals surface area contributed by atoms with Gasteiger partial charge in [-0.25, -0.2) is 0 Å². The van der Waals surface area contributed by atoms with Crippen molar-refractivity contribution in [2.45, 2.75) is 20.0 Å². The highest BCUT2D eigenvalue weighted by Crippen LogP contribution is 2.18. The molecule has 2 heteroatoms. The highest BCUT2D eigenvalue weighted by Gasteiger charge is 2.23.